The second-order valence-corrected chi connectivity index (χ2v) is 5.33. The monoisotopic (exact) mass is 326 g/mol. The number of rotatable bonds is 7. The Bertz CT molecular complexity index is 425. The van der Waals surface area contributed by atoms with Gasteiger partial charge in [0.2, 0.25) is 0 Å². The van der Waals surface area contributed by atoms with Crippen molar-refractivity contribution in [3.63, 3.8) is 0 Å². The van der Waals surface area contributed by atoms with Crippen LogP contribution in [0.15, 0.2) is 23.8 Å². The molecule has 0 radical (unpaired) electrons. The average molecular weight is 327 g/mol. The lowest BCUT2D eigenvalue weighted by atomic mass is 10.0. The first kappa shape index (κ1) is 16.1. The van der Waals surface area contributed by atoms with E-state index in [4.69, 9.17) is 9.47 Å². The highest BCUT2D eigenvalue weighted by atomic mass is 79.9. The zero-order valence-corrected chi connectivity index (χ0v) is 13.8. The molecule has 0 saturated heterocycles. The summed E-state index contributed by atoms with van der Waals surface area (Å²) in [5.41, 5.74) is 2.52. The SMILES string of the molecule is CCCOc1cc(C=C(CBr)C(C)C)ccc1OC. The fourth-order valence-corrected chi connectivity index (χ4v) is 2.49. The average Bonchev–Trinajstić information content (AvgIpc) is 2.42. The van der Waals surface area contributed by atoms with Gasteiger partial charge in [0.05, 0.1) is 13.7 Å². The van der Waals surface area contributed by atoms with E-state index in [-0.39, 0.29) is 0 Å². The van der Waals surface area contributed by atoms with Crippen molar-refractivity contribution < 1.29 is 9.47 Å². The number of hydrogen-bond acceptors (Lipinski definition) is 2. The van der Waals surface area contributed by atoms with Crippen LogP contribution < -0.4 is 9.47 Å². The highest BCUT2D eigenvalue weighted by molar-refractivity contribution is 9.09. The molecule has 0 unspecified atom stereocenters. The van der Waals surface area contributed by atoms with Gasteiger partial charge in [0.25, 0.3) is 0 Å². The third-order valence-electron chi connectivity index (χ3n) is 2.90. The van der Waals surface area contributed by atoms with Gasteiger partial charge in [-0.3, -0.25) is 0 Å². The summed E-state index contributed by atoms with van der Waals surface area (Å²) in [5, 5.41) is 0.891. The molecule has 0 bridgehead atoms. The van der Waals surface area contributed by atoms with Crippen molar-refractivity contribution in [2.45, 2.75) is 27.2 Å². The fraction of sp³-hybridized carbons (Fsp3) is 0.500. The van der Waals surface area contributed by atoms with E-state index in [1.807, 2.05) is 12.1 Å². The molecule has 2 nitrogen and oxygen atoms in total. The molecule has 0 aliphatic heterocycles. The Labute approximate surface area is 124 Å². The van der Waals surface area contributed by atoms with Gasteiger partial charge in [0, 0.05) is 5.33 Å². The molecule has 0 fully saturated rings. The van der Waals surface area contributed by atoms with Crippen LogP contribution in [0.25, 0.3) is 6.08 Å². The van der Waals surface area contributed by atoms with E-state index in [9.17, 15) is 0 Å². The van der Waals surface area contributed by atoms with Crippen molar-refractivity contribution >= 4 is 22.0 Å². The van der Waals surface area contributed by atoms with Crippen LogP contribution in [0, 0.1) is 5.92 Å². The van der Waals surface area contributed by atoms with Crippen molar-refractivity contribution in [2.24, 2.45) is 5.92 Å². The fourth-order valence-electron chi connectivity index (χ4n) is 1.68. The van der Waals surface area contributed by atoms with Gasteiger partial charge in [-0.25, -0.2) is 0 Å². The predicted octanol–water partition coefficient (Wildman–Crippen LogP) is 4.92. The number of benzene rings is 1. The van der Waals surface area contributed by atoms with Gasteiger partial charge >= 0.3 is 0 Å². The van der Waals surface area contributed by atoms with Gasteiger partial charge in [-0.05, 0) is 30.0 Å². The van der Waals surface area contributed by atoms with Crippen molar-refractivity contribution in [3.8, 4) is 11.5 Å². The van der Waals surface area contributed by atoms with Crippen molar-refractivity contribution in [3.05, 3.63) is 29.3 Å². The summed E-state index contributed by atoms with van der Waals surface area (Å²) >= 11 is 3.54. The molecule has 1 aromatic rings. The number of hydrogen-bond donors (Lipinski definition) is 0. The van der Waals surface area contributed by atoms with Gasteiger partial charge in [0.15, 0.2) is 11.5 Å². The summed E-state index contributed by atoms with van der Waals surface area (Å²) in [6, 6.07) is 6.06. The quantitative estimate of drug-likeness (QED) is 0.662. The first-order chi connectivity index (χ1) is 9.12. The molecular formula is C16H23BrO2. The van der Waals surface area contributed by atoms with Crippen LogP contribution >= 0.6 is 15.9 Å². The van der Waals surface area contributed by atoms with Gasteiger partial charge < -0.3 is 9.47 Å². The molecule has 0 amide bonds. The van der Waals surface area contributed by atoms with Gasteiger partial charge in [0.1, 0.15) is 0 Å². The van der Waals surface area contributed by atoms with Gasteiger partial charge in [-0.1, -0.05) is 54.4 Å². The first-order valence-electron chi connectivity index (χ1n) is 6.69. The molecule has 0 spiro atoms. The molecule has 0 aliphatic carbocycles. The van der Waals surface area contributed by atoms with Gasteiger partial charge in [-0.15, -0.1) is 0 Å². The molecule has 0 heterocycles. The van der Waals surface area contributed by atoms with E-state index in [1.165, 1.54) is 5.57 Å². The Balaban J connectivity index is 3.03. The Kier molecular flexibility index (Phi) is 7.00. The standard InChI is InChI=1S/C16H23BrO2/c1-5-8-19-16-10-13(6-7-15(16)18-4)9-14(11-17)12(2)3/h6-7,9-10,12H,5,8,11H2,1-4H3. The minimum atomic E-state index is 0.529. The van der Waals surface area contributed by atoms with E-state index in [1.54, 1.807) is 7.11 Å². The zero-order valence-electron chi connectivity index (χ0n) is 12.2. The summed E-state index contributed by atoms with van der Waals surface area (Å²) in [7, 11) is 1.67. The summed E-state index contributed by atoms with van der Waals surface area (Å²) in [4.78, 5) is 0. The second kappa shape index (κ2) is 8.26. The Hall–Kier alpha value is -0.960. The molecular weight excluding hydrogens is 304 g/mol. The Morgan fingerprint density at radius 2 is 2.05 bits per heavy atom. The summed E-state index contributed by atoms with van der Waals surface area (Å²) in [6.07, 6.45) is 3.19. The van der Waals surface area contributed by atoms with Gasteiger partial charge in [-0.2, -0.15) is 0 Å². The third kappa shape index (κ3) is 4.90. The van der Waals surface area contributed by atoms with Crippen LogP contribution in [0.3, 0.4) is 0 Å². The Morgan fingerprint density at radius 1 is 1.32 bits per heavy atom. The minimum absolute atomic E-state index is 0.529. The van der Waals surface area contributed by atoms with Crippen LogP contribution in [0.1, 0.15) is 32.8 Å². The lowest BCUT2D eigenvalue weighted by Crippen LogP contribution is -1.99. The highest BCUT2D eigenvalue weighted by Crippen LogP contribution is 2.29. The topological polar surface area (TPSA) is 18.5 Å². The Morgan fingerprint density at radius 3 is 2.58 bits per heavy atom. The van der Waals surface area contributed by atoms with Crippen LogP contribution in [-0.4, -0.2) is 19.0 Å². The van der Waals surface area contributed by atoms with E-state index >= 15 is 0 Å². The van der Waals surface area contributed by atoms with E-state index in [2.05, 4.69) is 48.8 Å². The van der Waals surface area contributed by atoms with Crippen molar-refractivity contribution in [1.29, 1.82) is 0 Å². The molecule has 0 aromatic heterocycles. The molecule has 3 heteroatoms. The van der Waals surface area contributed by atoms with Crippen molar-refractivity contribution in [2.75, 3.05) is 19.0 Å². The molecule has 1 aromatic carbocycles. The maximum atomic E-state index is 5.73. The number of alkyl halides is 1. The van der Waals surface area contributed by atoms with E-state index in [0.29, 0.717) is 12.5 Å². The van der Waals surface area contributed by atoms with E-state index < -0.39 is 0 Å². The summed E-state index contributed by atoms with van der Waals surface area (Å²) < 4.78 is 11.0. The van der Waals surface area contributed by atoms with Crippen molar-refractivity contribution in [1.82, 2.24) is 0 Å². The third-order valence-corrected chi connectivity index (χ3v) is 3.54. The predicted molar refractivity (Wildman–Crippen MR) is 85.4 cm³/mol. The summed E-state index contributed by atoms with van der Waals surface area (Å²) in [5.74, 6) is 2.13. The maximum Gasteiger partial charge on any atom is 0.161 e. The highest BCUT2D eigenvalue weighted by Gasteiger charge is 2.06. The molecule has 1 rings (SSSR count). The lowest BCUT2D eigenvalue weighted by molar-refractivity contribution is 0.294. The lowest BCUT2D eigenvalue weighted by Gasteiger charge is -2.12. The molecule has 0 aliphatic rings. The normalized spacial score (nSPS) is 11.8. The maximum absolute atomic E-state index is 5.73. The number of allylic oxidation sites excluding steroid dienone is 1. The number of ether oxygens (including phenoxy) is 2. The molecule has 0 N–H and O–H groups in total. The molecule has 106 valence electrons. The minimum Gasteiger partial charge on any atom is -0.493 e. The smallest absolute Gasteiger partial charge is 0.161 e. The van der Waals surface area contributed by atoms with Crippen LogP contribution in [-0.2, 0) is 0 Å². The first-order valence-corrected chi connectivity index (χ1v) is 7.81. The van der Waals surface area contributed by atoms with E-state index in [0.717, 1.165) is 28.8 Å². The van der Waals surface area contributed by atoms with Crippen LogP contribution in [0.2, 0.25) is 0 Å². The van der Waals surface area contributed by atoms with Crippen LogP contribution in [0.5, 0.6) is 11.5 Å². The second-order valence-electron chi connectivity index (χ2n) is 4.77. The summed E-state index contributed by atoms with van der Waals surface area (Å²) in [6.45, 7) is 7.20. The zero-order chi connectivity index (χ0) is 14.3. The van der Waals surface area contributed by atoms with Crippen LogP contribution in [0.4, 0.5) is 0 Å². The molecule has 19 heavy (non-hydrogen) atoms. The largest absolute Gasteiger partial charge is 0.493 e. The molecule has 0 saturated carbocycles. The molecule has 0 atom stereocenters. The number of methoxy groups -OCH3 is 1. The number of halogens is 1.